The quantitative estimate of drug-likeness (QED) is 0.331. The number of ether oxygens (including phenoxy) is 4. The van der Waals surface area contributed by atoms with Crippen molar-refractivity contribution in [3.63, 3.8) is 0 Å². The summed E-state index contributed by atoms with van der Waals surface area (Å²) >= 11 is 0. The lowest BCUT2D eigenvalue weighted by Gasteiger charge is -2.35. The first-order chi connectivity index (χ1) is 20.4. The SMILES string of the molecule is COc1ccc2c(c1)c(/C=C1\Oc3c(CN4CCN(Cc5ccc6c(c5)OCO6)CC4)c(O)cc(C)c3C1=O)cn2C. The molecule has 0 amide bonds. The molecule has 4 heterocycles. The molecule has 216 valence electrons. The van der Waals surface area contributed by atoms with Crippen molar-refractivity contribution in [1.82, 2.24) is 14.4 Å². The fourth-order valence-corrected chi connectivity index (χ4v) is 6.14. The lowest BCUT2D eigenvalue weighted by atomic mass is 9.99. The van der Waals surface area contributed by atoms with Crippen LogP contribution in [0.25, 0.3) is 17.0 Å². The van der Waals surface area contributed by atoms with E-state index >= 15 is 0 Å². The van der Waals surface area contributed by atoms with Crippen molar-refractivity contribution < 1.29 is 28.8 Å². The number of hydrogen-bond acceptors (Lipinski definition) is 8. The first-order valence-corrected chi connectivity index (χ1v) is 14.1. The Labute approximate surface area is 244 Å². The predicted octanol–water partition coefficient (Wildman–Crippen LogP) is 4.86. The van der Waals surface area contributed by atoms with Crippen molar-refractivity contribution in [2.45, 2.75) is 20.0 Å². The molecule has 3 aromatic carbocycles. The molecule has 1 saturated heterocycles. The summed E-state index contributed by atoms with van der Waals surface area (Å²) in [4.78, 5) is 18.3. The van der Waals surface area contributed by atoms with E-state index in [-0.39, 0.29) is 24.1 Å². The minimum absolute atomic E-state index is 0.151. The van der Waals surface area contributed by atoms with Crippen LogP contribution in [-0.2, 0) is 20.1 Å². The normalized spacial score (nSPS) is 17.7. The predicted molar refractivity (Wildman–Crippen MR) is 158 cm³/mol. The number of methoxy groups -OCH3 is 1. The van der Waals surface area contributed by atoms with Gasteiger partial charge in [-0.2, -0.15) is 0 Å². The smallest absolute Gasteiger partial charge is 0.232 e. The largest absolute Gasteiger partial charge is 0.507 e. The second kappa shape index (κ2) is 10.4. The van der Waals surface area contributed by atoms with E-state index in [9.17, 15) is 9.90 Å². The minimum atomic E-state index is -0.169. The average molecular weight is 568 g/mol. The average Bonchev–Trinajstić information content (AvgIpc) is 3.67. The molecule has 9 heteroatoms. The van der Waals surface area contributed by atoms with Gasteiger partial charge in [-0.25, -0.2) is 0 Å². The van der Waals surface area contributed by atoms with Gasteiger partial charge in [0.25, 0.3) is 0 Å². The Kier molecular flexibility index (Phi) is 6.56. The number of aryl methyl sites for hydroxylation is 2. The van der Waals surface area contributed by atoms with Crippen LogP contribution in [0.4, 0.5) is 0 Å². The maximum absolute atomic E-state index is 13.6. The van der Waals surface area contributed by atoms with E-state index in [4.69, 9.17) is 18.9 Å². The Morgan fingerprint density at radius 3 is 2.52 bits per heavy atom. The monoisotopic (exact) mass is 567 g/mol. The van der Waals surface area contributed by atoms with Crippen LogP contribution in [0.3, 0.4) is 0 Å². The van der Waals surface area contributed by atoms with Crippen molar-refractivity contribution in [3.8, 4) is 28.7 Å². The third-order valence-electron chi connectivity index (χ3n) is 8.42. The molecule has 1 N–H and O–H groups in total. The Morgan fingerprint density at radius 1 is 0.976 bits per heavy atom. The molecule has 3 aliphatic heterocycles. The highest BCUT2D eigenvalue weighted by Gasteiger charge is 2.34. The summed E-state index contributed by atoms with van der Waals surface area (Å²) in [5.74, 6) is 3.04. The number of benzene rings is 3. The van der Waals surface area contributed by atoms with Crippen molar-refractivity contribution in [3.05, 3.63) is 82.2 Å². The summed E-state index contributed by atoms with van der Waals surface area (Å²) < 4.78 is 24.7. The molecule has 0 saturated carbocycles. The van der Waals surface area contributed by atoms with Crippen LogP contribution in [0.5, 0.6) is 28.7 Å². The number of aromatic nitrogens is 1. The molecule has 9 nitrogen and oxygen atoms in total. The summed E-state index contributed by atoms with van der Waals surface area (Å²) in [5.41, 5.74) is 4.96. The lowest BCUT2D eigenvalue weighted by Crippen LogP contribution is -2.45. The van der Waals surface area contributed by atoms with Gasteiger partial charge >= 0.3 is 0 Å². The fourth-order valence-electron chi connectivity index (χ4n) is 6.14. The van der Waals surface area contributed by atoms with E-state index in [0.29, 0.717) is 29.0 Å². The van der Waals surface area contributed by atoms with Gasteiger partial charge in [-0.3, -0.25) is 14.6 Å². The van der Waals surface area contributed by atoms with Gasteiger partial charge in [-0.15, -0.1) is 0 Å². The molecule has 7 rings (SSSR count). The highest BCUT2D eigenvalue weighted by atomic mass is 16.7. The third kappa shape index (κ3) is 4.64. The van der Waals surface area contributed by atoms with E-state index in [2.05, 4.69) is 21.9 Å². The maximum atomic E-state index is 13.6. The summed E-state index contributed by atoms with van der Waals surface area (Å²) in [6.07, 6.45) is 3.77. The standard InChI is InChI=1S/C33H33N3O6/c1-20-12-27(37)25(18-36-10-8-35(9-11-36)16-21-4-7-28-29(13-21)41-19-40-28)33-31(20)32(38)30(42-33)14-22-17-34(2)26-6-5-23(39-3)15-24(22)26/h4-7,12-15,17,37H,8-11,16,18-19H2,1-3H3/b30-14-. The number of nitrogens with zero attached hydrogens (tertiary/aromatic N) is 3. The Balaban J connectivity index is 1.09. The van der Waals surface area contributed by atoms with Crippen LogP contribution in [0.15, 0.2) is 54.4 Å². The Hall–Kier alpha value is -4.47. The van der Waals surface area contributed by atoms with Gasteiger partial charge in [0, 0.05) is 69.0 Å². The van der Waals surface area contributed by atoms with Crippen molar-refractivity contribution >= 4 is 22.8 Å². The van der Waals surface area contributed by atoms with Crippen LogP contribution in [0, 0.1) is 6.92 Å². The summed E-state index contributed by atoms with van der Waals surface area (Å²) in [6, 6.07) is 13.7. The third-order valence-corrected chi connectivity index (χ3v) is 8.42. The summed E-state index contributed by atoms with van der Waals surface area (Å²) in [7, 11) is 3.61. The van der Waals surface area contributed by atoms with Crippen LogP contribution in [0.1, 0.15) is 32.6 Å². The molecule has 1 aromatic heterocycles. The topological polar surface area (TPSA) is 85.6 Å². The summed E-state index contributed by atoms with van der Waals surface area (Å²) in [6.45, 7) is 6.89. The zero-order valence-corrected chi connectivity index (χ0v) is 24.0. The molecule has 0 atom stereocenters. The van der Waals surface area contributed by atoms with Gasteiger partial charge < -0.3 is 28.6 Å². The molecule has 0 bridgehead atoms. The fraction of sp³-hybridized carbons (Fsp3) is 0.303. The first-order valence-electron chi connectivity index (χ1n) is 14.1. The van der Waals surface area contributed by atoms with Crippen molar-refractivity contribution in [2.75, 3.05) is 40.1 Å². The molecule has 4 aromatic rings. The van der Waals surface area contributed by atoms with Gasteiger partial charge in [-0.1, -0.05) is 6.07 Å². The summed E-state index contributed by atoms with van der Waals surface area (Å²) in [5, 5.41) is 12.0. The Morgan fingerprint density at radius 2 is 1.74 bits per heavy atom. The minimum Gasteiger partial charge on any atom is -0.507 e. The number of rotatable bonds is 6. The van der Waals surface area contributed by atoms with Crippen molar-refractivity contribution in [1.29, 1.82) is 0 Å². The number of carbonyl (C=O) groups excluding carboxylic acids is 1. The molecule has 42 heavy (non-hydrogen) atoms. The molecular weight excluding hydrogens is 534 g/mol. The number of piperazine rings is 1. The van der Waals surface area contributed by atoms with Gasteiger partial charge in [0.05, 0.1) is 18.2 Å². The molecule has 0 radical (unpaired) electrons. The van der Waals surface area contributed by atoms with Crippen LogP contribution < -0.4 is 18.9 Å². The van der Waals surface area contributed by atoms with Crippen LogP contribution >= 0.6 is 0 Å². The second-order valence-electron chi connectivity index (χ2n) is 11.2. The maximum Gasteiger partial charge on any atom is 0.232 e. The second-order valence-corrected chi connectivity index (χ2v) is 11.2. The van der Waals surface area contributed by atoms with Crippen LogP contribution in [-0.4, -0.2) is 65.3 Å². The number of phenols is 1. The van der Waals surface area contributed by atoms with Gasteiger partial charge in [0.1, 0.15) is 17.2 Å². The number of fused-ring (bicyclic) bond motifs is 3. The molecule has 0 aliphatic carbocycles. The first kappa shape index (κ1) is 26.4. The van der Waals surface area contributed by atoms with E-state index in [0.717, 1.165) is 66.4 Å². The number of allylic oxidation sites excluding steroid dienone is 1. The molecule has 1 fully saturated rings. The Bertz CT molecular complexity index is 1750. The number of Topliss-reactive ketones (excluding diaryl/α,β-unsaturated/α-hetero) is 1. The number of hydrogen-bond donors (Lipinski definition) is 1. The highest BCUT2D eigenvalue weighted by molar-refractivity contribution is 6.16. The van der Waals surface area contributed by atoms with Gasteiger partial charge in [0.2, 0.25) is 12.6 Å². The van der Waals surface area contributed by atoms with E-state index in [1.165, 1.54) is 5.56 Å². The van der Waals surface area contributed by atoms with Gasteiger partial charge in [0.15, 0.2) is 17.3 Å². The number of phenolic OH excluding ortho intramolecular Hbond substituents is 1. The molecule has 0 spiro atoms. The molecule has 0 unspecified atom stereocenters. The number of aromatic hydroxyl groups is 1. The van der Waals surface area contributed by atoms with Gasteiger partial charge in [-0.05, 0) is 60.5 Å². The number of ketones is 1. The van der Waals surface area contributed by atoms with E-state index in [1.54, 1.807) is 19.3 Å². The van der Waals surface area contributed by atoms with E-state index in [1.807, 2.05) is 49.0 Å². The number of carbonyl (C=O) groups is 1. The van der Waals surface area contributed by atoms with E-state index < -0.39 is 0 Å². The zero-order valence-electron chi connectivity index (χ0n) is 24.0. The zero-order chi connectivity index (χ0) is 29.0. The molecule has 3 aliphatic rings. The van der Waals surface area contributed by atoms with Crippen molar-refractivity contribution in [2.24, 2.45) is 7.05 Å². The van der Waals surface area contributed by atoms with Crippen LogP contribution in [0.2, 0.25) is 0 Å². The highest BCUT2D eigenvalue weighted by Crippen LogP contribution is 2.43. The lowest BCUT2D eigenvalue weighted by molar-refractivity contribution is 0.101. The molecular formula is C33H33N3O6.